The first-order valence-corrected chi connectivity index (χ1v) is 5.51. The topological polar surface area (TPSA) is 59.1 Å². The van der Waals surface area contributed by atoms with Crippen molar-refractivity contribution in [3.63, 3.8) is 0 Å². The van der Waals surface area contributed by atoms with Crippen LogP contribution < -0.4 is 5.73 Å². The average molecular weight is 206 g/mol. The Morgan fingerprint density at radius 3 is 2.73 bits per heavy atom. The molecule has 0 aliphatic heterocycles. The lowest BCUT2D eigenvalue weighted by Crippen LogP contribution is -2.37. The van der Waals surface area contributed by atoms with Crippen molar-refractivity contribution >= 4 is 0 Å². The quantitative estimate of drug-likeness (QED) is 0.731. The van der Waals surface area contributed by atoms with Crippen LogP contribution in [0.1, 0.15) is 36.8 Å². The van der Waals surface area contributed by atoms with E-state index in [0.717, 1.165) is 36.8 Å². The van der Waals surface area contributed by atoms with E-state index in [1.807, 2.05) is 13.0 Å². The number of nitrogens with zero attached hydrogens (tertiary/aromatic N) is 1. The minimum absolute atomic E-state index is 0.252. The number of hydrogen-bond acceptors (Lipinski definition) is 3. The monoisotopic (exact) mass is 206 g/mol. The third-order valence-electron chi connectivity index (χ3n) is 3.40. The van der Waals surface area contributed by atoms with Gasteiger partial charge in [0.15, 0.2) is 0 Å². The van der Waals surface area contributed by atoms with Gasteiger partial charge in [0, 0.05) is 24.0 Å². The summed E-state index contributed by atoms with van der Waals surface area (Å²) in [4.78, 5) is 4.09. The molecule has 0 unspecified atom stereocenters. The third-order valence-corrected chi connectivity index (χ3v) is 3.40. The Morgan fingerprint density at radius 1 is 1.47 bits per heavy atom. The van der Waals surface area contributed by atoms with Crippen LogP contribution >= 0.6 is 0 Å². The molecular formula is C12H18N2O. The van der Waals surface area contributed by atoms with E-state index in [4.69, 9.17) is 5.73 Å². The van der Waals surface area contributed by atoms with E-state index in [9.17, 15) is 5.11 Å². The third kappa shape index (κ3) is 2.03. The summed E-state index contributed by atoms with van der Waals surface area (Å²) in [5, 5.41) is 10.5. The van der Waals surface area contributed by atoms with Crippen LogP contribution in [0.4, 0.5) is 0 Å². The molecule has 1 saturated carbocycles. The van der Waals surface area contributed by atoms with Gasteiger partial charge in [0.05, 0.1) is 5.60 Å². The molecule has 1 aromatic heterocycles. The van der Waals surface area contributed by atoms with E-state index >= 15 is 0 Å². The molecule has 3 nitrogen and oxygen atoms in total. The van der Waals surface area contributed by atoms with Gasteiger partial charge in [-0.2, -0.15) is 0 Å². The minimum Gasteiger partial charge on any atom is -0.385 e. The molecule has 0 spiro atoms. The molecule has 1 aliphatic rings. The highest BCUT2D eigenvalue weighted by Gasteiger charge is 2.34. The molecule has 0 atom stereocenters. The van der Waals surface area contributed by atoms with Crippen molar-refractivity contribution in [3.05, 3.63) is 29.6 Å². The van der Waals surface area contributed by atoms with Crippen molar-refractivity contribution in [1.29, 1.82) is 0 Å². The molecule has 3 N–H and O–H groups in total. The maximum atomic E-state index is 10.5. The molecule has 1 aliphatic carbocycles. The number of rotatable bonds is 1. The van der Waals surface area contributed by atoms with Crippen molar-refractivity contribution in [2.45, 2.75) is 44.2 Å². The fourth-order valence-corrected chi connectivity index (χ4v) is 2.34. The summed E-state index contributed by atoms with van der Waals surface area (Å²) < 4.78 is 0. The van der Waals surface area contributed by atoms with E-state index in [2.05, 4.69) is 4.98 Å². The Hall–Kier alpha value is -0.930. The predicted octanol–water partition coefficient (Wildman–Crippen LogP) is 1.48. The van der Waals surface area contributed by atoms with Crippen LogP contribution in [-0.4, -0.2) is 16.1 Å². The van der Waals surface area contributed by atoms with E-state index < -0.39 is 5.60 Å². The minimum atomic E-state index is -0.700. The molecule has 1 heterocycles. The van der Waals surface area contributed by atoms with Crippen LogP contribution in [0.25, 0.3) is 0 Å². The zero-order chi connectivity index (χ0) is 10.9. The first-order valence-electron chi connectivity index (χ1n) is 5.51. The summed E-state index contributed by atoms with van der Waals surface area (Å²) in [5.41, 5.74) is 7.23. The van der Waals surface area contributed by atoms with Gasteiger partial charge in [0.1, 0.15) is 0 Å². The Bertz CT molecular complexity index is 343. The lowest BCUT2D eigenvalue weighted by Gasteiger charge is -2.35. The molecule has 1 aromatic rings. The van der Waals surface area contributed by atoms with Crippen molar-refractivity contribution in [1.82, 2.24) is 4.98 Å². The standard InChI is InChI=1S/C12H18N2O/c1-9-4-7-14-8-11(9)12(15)5-2-10(13)3-6-12/h4,7-8,10,15H,2-3,5-6,13H2,1H3. The van der Waals surface area contributed by atoms with Gasteiger partial charge in [0.2, 0.25) is 0 Å². The van der Waals surface area contributed by atoms with Gasteiger partial charge in [-0.15, -0.1) is 0 Å². The van der Waals surface area contributed by atoms with Gasteiger partial charge in [-0.3, -0.25) is 4.98 Å². The summed E-state index contributed by atoms with van der Waals surface area (Å²) in [5.74, 6) is 0. The van der Waals surface area contributed by atoms with E-state index in [1.165, 1.54) is 0 Å². The van der Waals surface area contributed by atoms with Crippen LogP contribution in [0, 0.1) is 6.92 Å². The van der Waals surface area contributed by atoms with Crippen molar-refractivity contribution in [2.75, 3.05) is 0 Å². The highest BCUT2D eigenvalue weighted by molar-refractivity contribution is 5.28. The molecule has 0 radical (unpaired) electrons. The van der Waals surface area contributed by atoms with E-state index in [0.29, 0.717) is 0 Å². The van der Waals surface area contributed by atoms with Crippen LogP contribution in [0.15, 0.2) is 18.5 Å². The summed E-state index contributed by atoms with van der Waals surface area (Å²) >= 11 is 0. The van der Waals surface area contributed by atoms with Gasteiger partial charge >= 0.3 is 0 Å². The van der Waals surface area contributed by atoms with E-state index in [1.54, 1.807) is 12.4 Å². The van der Waals surface area contributed by atoms with Gasteiger partial charge < -0.3 is 10.8 Å². The predicted molar refractivity (Wildman–Crippen MR) is 59.3 cm³/mol. The van der Waals surface area contributed by atoms with Crippen LogP contribution in [0.5, 0.6) is 0 Å². The summed E-state index contributed by atoms with van der Waals surface area (Å²) in [6.07, 6.45) is 6.83. The van der Waals surface area contributed by atoms with Crippen LogP contribution in [-0.2, 0) is 5.60 Å². The SMILES string of the molecule is Cc1ccncc1C1(O)CCC(N)CC1. The Balaban J connectivity index is 2.26. The molecule has 0 bridgehead atoms. The average Bonchev–Trinajstić information content (AvgIpc) is 2.23. The second-order valence-electron chi connectivity index (χ2n) is 4.56. The smallest absolute Gasteiger partial charge is 0.0915 e. The highest BCUT2D eigenvalue weighted by atomic mass is 16.3. The Labute approximate surface area is 90.3 Å². The Morgan fingerprint density at radius 2 is 2.13 bits per heavy atom. The Kier molecular flexibility index (Phi) is 2.76. The number of aliphatic hydroxyl groups is 1. The highest BCUT2D eigenvalue weighted by Crippen LogP contribution is 2.37. The number of hydrogen-bond donors (Lipinski definition) is 2. The first kappa shape index (κ1) is 10.6. The lowest BCUT2D eigenvalue weighted by molar-refractivity contribution is -0.00579. The van der Waals surface area contributed by atoms with Crippen LogP contribution in [0.2, 0.25) is 0 Å². The largest absolute Gasteiger partial charge is 0.385 e. The number of pyridine rings is 1. The molecule has 1 fully saturated rings. The second kappa shape index (κ2) is 3.91. The molecule has 15 heavy (non-hydrogen) atoms. The van der Waals surface area contributed by atoms with Crippen molar-refractivity contribution < 1.29 is 5.11 Å². The molecule has 2 rings (SSSR count). The lowest BCUT2D eigenvalue weighted by atomic mass is 9.77. The zero-order valence-corrected chi connectivity index (χ0v) is 9.11. The number of nitrogens with two attached hydrogens (primary N) is 1. The molecular weight excluding hydrogens is 188 g/mol. The zero-order valence-electron chi connectivity index (χ0n) is 9.11. The maximum Gasteiger partial charge on any atom is 0.0915 e. The van der Waals surface area contributed by atoms with Gasteiger partial charge in [0.25, 0.3) is 0 Å². The normalized spacial score (nSPS) is 31.5. The number of aryl methyl sites for hydroxylation is 1. The molecule has 3 heteroatoms. The second-order valence-corrected chi connectivity index (χ2v) is 4.56. The molecule has 0 saturated heterocycles. The van der Waals surface area contributed by atoms with E-state index in [-0.39, 0.29) is 6.04 Å². The first-order chi connectivity index (χ1) is 7.12. The molecule has 0 amide bonds. The summed E-state index contributed by atoms with van der Waals surface area (Å²) in [7, 11) is 0. The molecule has 82 valence electrons. The molecule has 0 aromatic carbocycles. The van der Waals surface area contributed by atoms with Crippen LogP contribution in [0.3, 0.4) is 0 Å². The fraction of sp³-hybridized carbons (Fsp3) is 0.583. The van der Waals surface area contributed by atoms with Crippen molar-refractivity contribution in [2.24, 2.45) is 5.73 Å². The number of aromatic nitrogens is 1. The van der Waals surface area contributed by atoms with Gasteiger partial charge in [-0.25, -0.2) is 0 Å². The van der Waals surface area contributed by atoms with Gasteiger partial charge in [-0.05, 0) is 44.2 Å². The van der Waals surface area contributed by atoms with Crippen molar-refractivity contribution in [3.8, 4) is 0 Å². The summed E-state index contributed by atoms with van der Waals surface area (Å²) in [6, 6.07) is 2.20. The van der Waals surface area contributed by atoms with Gasteiger partial charge in [-0.1, -0.05) is 0 Å². The fourth-order valence-electron chi connectivity index (χ4n) is 2.34. The summed E-state index contributed by atoms with van der Waals surface area (Å²) in [6.45, 7) is 2.02. The maximum absolute atomic E-state index is 10.5.